The molecular formula is C16H15Cl3N2. The highest BCUT2D eigenvalue weighted by Crippen LogP contribution is 2.35. The molecule has 1 N–H and O–H groups in total. The van der Waals surface area contributed by atoms with Crippen molar-refractivity contribution < 1.29 is 0 Å². The summed E-state index contributed by atoms with van der Waals surface area (Å²) in [7, 11) is 0. The van der Waals surface area contributed by atoms with Crippen molar-refractivity contribution in [3.05, 3.63) is 63.1 Å². The molecule has 1 aliphatic rings. The zero-order valence-electron chi connectivity index (χ0n) is 11.3. The molecule has 0 radical (unpaired) electrons. The number of piperazine rings is 1. The highest BCUT2D eigenvalue weighted by molar-refractivity contribution is 6.36. The number of nitrogens with one attached hydrogen (secondary N) is 1. The average Bonchev–Trinajstić information content (AvgIpc) is 2.48. The quantitative estimate of drug-likeness (QED) is 0.844. The Bertz CT molecular complexity index is 628. The SMILES string of the molecule is Clc1ccc([C@H]2CNCCN2c2ccc(Cl)cc2Cl)cc1. The fourth-order valence-electron chi connectivity index (χ4n) is 2.69. The fraction of sp³-hybridized carbons (Fsp3) is 0.250. The second kappa shape index (κ2) is 6.45. The first-order valence-electron chi connectivity index (χ1n) is 6.83. The topological polar surface area (TPSA) is 15.3 Å². The summed E-state index contributed by atoms with van der Waals surface area (Å²) in [5.74, 6) is 0. The minimum Gasteiger partial charge on any atom is -0.361 e. The highest BCUT2D eigenvalue weighted by Gasteiger charge is 2.25. The molecule has 1 saturated heterocycles. The van der Waals surface area contributed by atoms with Crippen LogP contribution in [0.15, 0.2) is 42.5 Å². The number of anilines is 1. The van der Waals surface area contributed by atoms with Gasteiger partial charge >= 0.3 is 0 Å². The van der Waals surface area contributed by atoms with Crippen molar-refractivity contribution in [2.75, 3.05) is 24.5 Å². The molecular weight excluding hydrogens is 327 g/mol. The second-order valence-corrected chi connectivity index (χ2v) is 6.34. The van der Waals surface area contributed by atoms with Gasteiger partial charge in [-0.1, -0.05) is 46.9 Å². The van der Waals surface area contributed by atoms with E-state index in [2.05, 4.69) is 22.3 Å². The van der Waals surface area contributed by atoms with E-state index in [1.54, 1.807) is 6.07 Å². The zero-order valence-corrected chi connectivity index (χ0v) is 13.6. The molecule has 1 heterocycles. The molecule has 0 aromatic heterocycles. The van der Waals surface area contributed by atoms with Gasteiger partial charge in [-0.3, -0.25) is 0 Å². The van der Waals surface area contributed by atoms with Gasteiger partial charge in [0.25, 0.3) is 0 Å². The van der Waals surface area contributed by atoms with Crippen molar-refractivity contribution in [1.29, 1.82) is 0 Å². The summed E-state index contributed by atoms with van der Waals surface area (Å²) in [6.45, 7) is 2.71. The third kappa shape index (κ3) is 3.29. The molecule has 0 aliphatic carbocycles. The van der Waals surface area contributed by atoms with Crippen LogP contribution in [-0.4, -0.2) is 19.6 Å². The van der Waals surface area contributed by atoms with Crippen LogP contribution in [-0.2, 0) is 0 Å². The summed E-state index contributed by atoms with van der Waals surface area (Å²) in [5, 5.41) is 5.52. The molecule has 2 nitrogen and oxygen atoms in total. The van der Waals surface area contributed by atoms with E-state index in [0.29, 0.717) is 10.0 Å². The number of rotatable bonds is 2. The summed E-state index contributed by atoms with van der Waals surface area (Å²) < 4.78 is 0. The third-order valence-corrected chi connectivity index (χ3v) is 4.51. The Balaban J connectivity index is 1.96. The lowest BCUT2D eigenvalue weighted by molar-refractivity contribution is 0.490. The lowest BCUT2D eigenvalue weighted by Gasteiger charge is -2.38. The van der Waals surface area contributed by atoms with Gasteiger partial charge in [-0.25, -0.2) is 0 Å². The van der Waals surface area contributed by atoms with E-state index in [4.69, 9.17) is 34.8 Å². The third-order valence-electron chi connectivity index (χ3n) is 3.72. The van der Waals surface area contributed by atoms with Crippen molar-refractivity contribution in [2.24, 2.45) is 0 Å². The second-order valence-electron chi connectivity index (χ2n) is 5.06. The Labute approximate surface area is 139 Å². The smallest absolute Gasteiger partial charge is 0.0668 e. The van der Waals surface area contributed by atoms with Crippen LogP contribution >= 0.6 is 34.8 Å². The van der Waals surface area contributed by atoms with Gasteiger partial charge < -0.3 is 10.2 Å². The number of nitrogens with zero attached hydrogens (tertiary/aromatic N) is 1. The van der Waals surface area contributed by atoms with Gasteiger partial charge in [0.05, 0.1) is 16.8 Å². The molecule has 110 valence electrons. The molecule has 0 bridgehead atoms. The summed E-state index contributed by atoms with van der Waals surface area (Å²) in [5.41, 5.74) is 2.24. The van der Waals surface area contributed by atoms with Crippen molar-refractivity contribution in [2.45, 2.75) is 6.04 Å². The Kier molecular flexibility index (Phi) is 4.60. The van der Waals surface area contributed by atoms with E-state index in [9.17, 15) is 0 Å². The number of halogens is 3. The Morgan fingerprint density at radius 2 is 1.67 bits per heavy atom. The molecule has 5 heteroatoms. The van der Waals surface area contributed by atoms with Crippen LogP contribution in [0.4, 0.5) is 5.69 Å². The molecule has 21 heavy (non-hydrogen) atoms. The van der Waals surface area contributed by atoms with Crippen LogP contribution < -0.4 is 10.2 Å². The summed E-state index contributed by atoms with van der Waals surface area (Å²) in [6.07, 6.45) is 0. The predicted octanol–water partition coefficient (Wildman–Crippen LogP) is 4.80. The molecule has 2 aromatic carbocycles. The van der Waals surface area contributed by atoms with Crippen molar-refractivity contribution in [3.8, 4) is 0 Å². The molecule has 3 rings (SSSR count). The number of hydrogen-bond acceptors (Lipinski definition) is 2. The van der Waals surface area contributed by atoms with E-state index >= 15 is 0 Å². The number of benzene rings is 2. The largest absolute Gasteiger partial charge is 0.361 e. The fourth-order valence-corrected chi connectivity index (χ4v) is 3.33. The molecule has 1 atom stereocenters. The van der Waals surface area contributed by atoms with Gasteiger partial charge in [-0.15, -0.1) is 0 Å². The Hall–Kier alpha value is -0.930. The van der Waals surface area contributed by atoms with Crippen molar-refractivity contribution in [3.63, 3.8) is 0 Å². The summed E-state index contributed by atoms with van der Waals surface area (Å²) >= 11 is 18.4. The molecule has 0 spiro atoms. The van der Waals surface area contributed by atoms with Gasteiger partial charge in [0.15, 0.2) is 0 Å². The van der Waals surface area contributed by atoms with Crippen molar-refractivity contribution in [1.82, 2.24) is 5.32 Å². The van der Waals surface area contributed by atoms with E-state index in [1.165, 1.54) is 5.56 Å². The van der Waals surface area contributed by atoms with Crippen LogP contribution in [0.3, 0.4) is 0 Å². The lowest BCUT2D eigenvalue weighted by Crippen LogP contribution is -2.46. The minimum atomic E-state index is 0.231. The van der Waals surface area contributed by atoms with Crippen LogP contribution in [0.2, 0.25) is 15.1 Å². The molecule has 0 amide bonds. The van der Waals surface area contributed by atoms with Gasteiger partial charge in [0.1, 0.15) is 0 Å². The first kappa shape index (κ1) is 15.0. The minimum absolute atomic E-state index is 0.231. The maximum Gasteiger partial charge on any atom is 0.0668 e. The first-order valence-corrected chi connectivity index (χ1v) is 7.96. The molecule has 0 unspecified atom stereocenters. The predicted molar refractivity (Wildman–Crippen MR) is 90.9 cm³/mol. The average molecular weight is 342 g/mol. The van der Waals surface area contributed by atoms with E-state index in [1.807, 2.05) is 24.3 Å². The zero-order chi connectivity index (χ0) is 14.8. The monoisotopic (exact) mass is 340 g/mol. The van der Waals surface area contributed by atoms with Crippen LogP contribution in [0.1, 0.15) is 11.6 Å². The maximum atomic E-state index is 6.37. The molecule has 0 saturated carbocycles. The molecule has 2 aromatic rings. The van der Waals surface area contributed by atoms with Gasteiger partial charge in [-0.2, -0.15) is 0 Å². The normalized spacial score (nSPS) is 18.8. The molecule has 1 fully saturated rings. The van der Waals surface area contributed by atoms with E-state index in [-0.39, 0.29) is 6.04 Å². The maximum absolute atomic E-state index is 6.37. The lowest BCUT2D eigenvalue weighted by atomic mass is 10.0. The Morgan fingerprint density at radius 3 is 2.38 bits per heavy atom. The van der Waals surface area contributed by atoms with Crippen LogP contribution in [0.25, 0.3) is 0 Å². The van der Waals surface area contributed by atoms with Crippen LogP contribution in [0, 0.1) is 0 Å². The first-order chi connectivity index (χ1) is 10.1. The van der Waals surface area contributed by atoms with Gasteiger partial charge in [0.2, 0.25) is 0 Å². The van der Waals surface area contributed by atoms with Crippen molar-refractivity contribution >= 4 is 40.5 Å². The Morgan fingerprint density at radius 1 is 0.952 bits per heavy atom. The van der Waals surface area contributed by atoms with Gasteiger partial charge in [-0.05, 0) is 35.9 Å². The van der Waals surface area contributed by atoms with E-state index < -0.39 is 0 Å². The standard InChI is InChI=1S/C16H15Cl3N2/c17-12-3-1-11(2-4-12)16-10-20-7-8-21(16)15-6-5-13(18)9-14(15)19/h1-6,9,16,20H,7-8,10H2/t16-/m1/s1. The van der Waals surface area contributed by atoms with Gasteiger partial charge in [0, 0.05) is 29.7 Å². The van der Waals surface area contributed by atoms with E-state index in [0.717, 1.165) is 30.3 Å². The molecule has 1 aliphatic heterocycles. The van der Waals surface area contributed by atoms with Crippen LogP contribution in [0.5, 0.6) is 0 Å². The number of hydrogen-bond donors (Lipinski definition) is 1. The summed E-state index contributed by atoms with van der Waals surface area (Å²) in [4.78, 5) is 2.32. The highest BCUT2D eigenvalue weighted by atomic mass is 35.5. The summed E-state index contributed by atoms with van der Waals surface area (Å²) in [6, 6.07) is 13.9.